The van der Waals surface area contributed by atoms with Crippen molar-refractivity contribution >= 4 is 13.7 Å². The number of nitrogens with zero attached hydrogens (tertiary/aromatic N) is 3. The number of nitrogens with one attached hydrogen (secondary N) is 1. The molecule has 0 saturated carbocycles. The molecule has 0 radical (unpaired) electrons. The highest BCUT2D eigenvalue weighted by atomic mass is 31.2. The molecule has 1 fully saturated rings. The van der Waals surface area contributed by atoms with Crippen molar-refractivity contribution in [1.82, 2.24) is 5.32 Å². The maximum Gasteiger partial charge on any atom is 0.472 e. The molecule has 0 bridgehead atoms. The van der Waals surface area contributed by atoms with Crippen LogP contribution in [-0.2, 0) is 18.6 Å². The third-order valence-electron chi connectivity index (χ3n) is 2.66. The normalized spacial score (nSPS) is 34.2. The highest BCUT2D eigenvalue weighted by Gasteiger charge is 2.47. The van der Waals surface area contributed by atoms with Crippen molar-refractivity contribution in [1.29, 1.82) is 0 Å². The molecule has 1 aliphatic heterocycles. The van der Waals surface area contributed by atoms with Crippen molar-refractivity contribution in [3.05, 3.63) is 10.4 Å². The SMILES string of the molecule is [2H]C(N=[N+]=[N-])C(=O)N[C@H]1C(OP(=O)(O)O)O[C@H](CO)[C@@H](O)[C@@H]1O. The summed E-state index contributed by atoms with van der Waals surface area (Å²) < 4.78 is 27.3. The number of ether oxygens (including phenoxy) is 1. The van der Waals surface area contributed by atoms with Gasteiger partial charge in [0.1, 0.15) is 30.9 Å². The lowest BCUT2D eigenvalue weighted by molar-refractivity contribution is -0.248. The molecule has 1 amide bonds. The zero-order chi connectivity index (χ0) is 17.8. The van der Waals surface area contributed by atoms with E-state index in [4.69, 9.17) is 26.5 Å². The molecule has 2 unspecified atom stereocenters. The first-order valence-corrected chi connectivity index (χ1v) is 7.27. The molecule has 1 rings (SSSR count). The first kappa shape index (κ1) is 17.1. The van der Waals surface area contributed by atoms with E-state index < -0.39 is 57.5 Å². The number of rotatable bonds is 6. The fourth-order valence-corrected chi connectivity index (χ4v) is 2.19. The Balaban J connectivity index is 2.98. The minimum absolute atomic E-state index is 0.806. The van der Waals surface area contributed by atoms with Gasteiger partial charge in [-0.05, 0) is 5.53 Å². The molecule has 14 heteroatoms. The van der Waals surface area contributed by atoms with Crippen LogP contribution >= 0.6 is 7.82 Å². The molecule has 0 aliphatic carbocycles. The monoisotopic (exact) mass is 343 g/mol. The smallest absolute Gasteiger partial charge is 0.394 e. The highest BCUT2D eigenvalue weighted by Crippen LogP contribution is 2.40. The quantitative estimate of drug-likeness (QED) is 0.128. The lowest BCUT2D eigenvalue weighted by Crippen LogP contribution is -2.64. The number of carbonyl (C=O) groups excluding carboxylic acids is 1. The van der Waals surface area contributed by atoms with E-state index in [-0.39, 0.29) is 0 Å². The van der Waals surface area contributed by atoms with Gasteiger partial charge in [0, 0.05) is 6.28 Å². The number of aliphatic hydroxyl groups is 3. The van der Waals surface area contributed by atoms with Crippen LogP contribution < -0.4 is 5.32 Å². The predicted molar refractivity (Wildman–Crippen MR) is 66.8 cm³/mol. The molecule has 6 atom stereocenters. The molecule has 22 heavy (non-hydrogen) atoms. The van der Waals surface area contributed by atoms with Crippen molar-refractivity contribution in [3.8, 4) is 0 Å². The largest absolute Gasteiger partial charge is 0.472 e. The second kappa shape index (κ2) is 7.83. The lowest BCUT2D eigenvalue weighted by Gasteiger charge is -2.41. The number of hydrogen-bond acceptors (Lipinski definition) is 8. The Morgan fingerprint density at radius 2 is 2.14 bits per heavy atom. The van der Waals surface area contributed by atoms with Gasteiger partial charge in [-0.25, -0.2) is 4.57 Å². The molecule has 1 saturated heterocycles. The Hall–Kier alpha value is -1.27. The van der Waals surface area contributed by atoms with Gasteiger partial charge in [0.25, 0.3) is 0 Å². The van der Waals surface area contributed by atoms with Crippen molar-refractivity contribution in [2.45, 2.75) is 30.6 Å². The summed E-state index contributed by atoms with van der Waals surface area (Å²) in [6, 6.07) is -1.70. The van der Waals surface area contributed by atoms with Gasteiger partial charge in [0.2, 0.25) is 5.91 Å². The van der Waals surface area contributed by atoms with Crippen LogP contribution in [-0.4, -0.2) is 74.8 Å². The summed E-state index contributed by atoms with van der Waals surface area (Å²) in [6.07, 6.45) is -6.93. The Morgan fingerprint density at radius 1 is 1.50 bits per heavy atom. The molecule has 0 aromatic heterocycles. The van der Waals surface area contributed by atoms with Gasteiger partial charge < -0.3 is 35.2 Å². The van der Waals surface area contributed by atoms with Crippen molar-refractivity contribution in [2.24, 2.45) is 5.11 Å². The zero-order valence-electron chi connectivity index (χ0n) is 11.8. The number of carbonyl (C=O) groups is 1. The molecule has 0 aromatic carbocycles. The van der Waals surface area contributed by atoms with E-state index in [0.29, 0.717) is 0 Å². The average molecular weight is 343 g/mol. The zero-order valence-corrected chi connectivity index (χ0v) is 11.7. The summed E-state index contributed by atoms with van der Waals surface area (Å²) in [6.45, 7) is -2.75. The number of hydrogen-bond donors (Lipinski definition) is 6. The third-order valence-corrected chi connectivity index (χ3v) is 3.14. The van der Waals surface area contributed by atoms with Gasteiger partial charge in [0.15, 0.2) is 6.29 Å². The fourth-order valence-electron chi connectivity index (χ4n) is 1.74. The van der Waals surface area contributed by atoms with Crippen LogP contribution in [0.3, 0.4) is 0 Å². The second-order valence-corrected chi connectivity index (χ2v) is 5.36. The first-order chi connectivity index (χ1) is 10.6. The molecular formula is C8H15N4O9P. The maximum atomic E-state index is 11.6. The van der Waals surface area contributed by atoms with Gasteiger partial charge in [-0.1, -0.05) is 5.11 Å². The van der Waals surface area contributed by atoms with E-state index in [1.54, 1.807) is 0 Å². The number of phosphoric ester groups is 1. The lowest BCUT2D eigenvalue weighted by atomic mass is 9.97. The van der Waals surface area contributed by atoms with Crippen LogP contribution in [0.1, 0.15) is 1.37 Å². The van der Waals surface area contributed by atoms with Crippen LogP contribution in [0.4, 0.5) is 0 Å². The Kier molecular flexibility index (Phi) is 6.08. The summed E-state index contributed by atoms with van der Waals surface area (Å²) in [4.78, 5) is 31.5. The van der Waals surface area contributed by atoms with Crippen molar-refractivity contribution in [3.63, 3.8) is 0 Å². The molecule has 1 aliphatic rings. The fraction of sp³-hybridized carbons (Fsp3) is 0.875. The van der Waals surface area contributed by atoms with E-state index in [0.717, 1.165) is 0 Å². The van der Waals surface area contributed by atoms with Crippen LogP contribution in [0.5, 0.6) is 0 Å². The van der Waals surface area contributed by atoms with Crippen LogP contribution in [0.2, 0.25) is 0 Å². The van der Waals surface area contributed by atoms with E-state index in [2.05, 4.69) is 14.5 Å². The second-order valence-electron chi connectivity index (χ2n) is 4.17. The maximum absolute atomic E-state index is 11.6. The summed E-state index contributed by atoms with van der Waals surface area (Å²) in [7, 11) is -5.11. The van der Waals surface area contributed by atoms with Gasteiger partial charge >= 0.3 is 7.82 Å². The number of amides is 1. The minimum Gasteiger partial charge on any atom is -0.394 e. The van der Waals surface area contributed by atoms with E-state index >= 15 is 0 Å². The highest BCUT2D eigenvalue weighted by molar-refractivity contribution is 7.46. The van der Waals surface area contributed by atoms with Gasteiger partial charge in [-0.15, -0.1) is 0 Å². The summed E-state index contributed by atoms with van der Waals surface area (Å²) >= 11 is 0. The third kappa shape index (κ3) is 5.18. The van der Waals surface area contributed by atoms with Crippen LogP contribution in [0.15, 0.2) is 5.11 Å². The Morgan fingerprint density at radius 3 is 2.64 bits per heavy atom. The first-order valence-electron chi connectivity index (χ1n) is 6.31. The van der Waals surface area contributed by atoms with E-state index in [9.17, 15) is 19.6 Å². The van der Waals surface area contributed by atoms with Crippen molar-refractivity contribution < 1.29 is 45.1 Å². The average Bonchev–Trinajstić information content (AvgIpc) is 2.45. The standard InChI is InChI=1S/C8H15N4O9P/c9-12-10-1-4(14)11-5-7(16)6(15)3(2-13)20-8(5)21-22(17,18)19/h3,5-8,13,15-16H,1-2H2,(H,11,14)(H2,17,18,19)/t3-,5-,6-,7-,8?/m1/s1/i1D/t1?,3-,5-,6-,7-,8?. The molecule has 13 nitrogen and oxygen atoms in total. The minimum atomic E-state index is -5.11. The number of phosphoric acid groups is 1. The molecular weight excluding hydrogens is 327 g/mol. The van der Waals surface area contributed by atoms with E-state index in [1.807, 2.05) is 5.32 Å². The molecule has 126 valence electrons. The van der Waals surface area contributed by atoms with E-state index in [1.165, 1.54) is 0 Å². The van der Waals surface area contributed by atoms with Crippen LogP contribution in [0.25, 0.3) is 10.4 Å². The van der Waals surface area contributed by atoms with Gasteiger partial charge in [-0.2, -0.15) is 0 Å². The predicted octanol–water partition coefficient (Wildman–Crippen LogP) is -2.67. The van der Waals surface area contributed by atoms with Gasteiger partial charge in [0.05, 0.1) is 6.61 Å². The molecule has 0 aromatic rings. The Bertz CT molecular complexity index is 526. The molecule has 1 heterocycles. The summed E-state index contributed by atoms with van der Waals surface area (Å²) in [5.74, 6) is -1.23. The number of azide groups is 1. The van der Waals surface area contributed by atoms with Crippen LogP contribution in [0, 0.1) is 0 Å². The summed E-state index contributed by atoms with van der Waals surface area (Å²) in [5, 5.41) is 33.3. The number of aliphatic hydroxyl groups excluding tert-OH is 3. The molecule has 0 spiro atoms. The topological polar surface area (TPSA) is 215 Å². The summed E-state index contributed by atoms with van der Waals surface area (Å²) in [5.41, 5.74) is 8.15. The van der Waals surface area contributed by atoms with Crippen molar-refractivity contribution in [2.75, 3.05) is 13.1 Å². The van der Waals surface area contributed by atoms with Gasteiger partial charge in [-0.3, -0.25) is 9.32 Å². The Labute approximate surface area is 124 Å². The molecule has 6 N–H and O–H groups in total.